The molecule has 416 valence electrons. The SMILES string of the molecule is Cc1ccc(N(C2=CC=CC3C4=C(OC23)C(c2ccccc2C)=CCC4)c2cc(C3CCCC3)c3ccc4c(N(c5ccc(C)c(C)c5)c5cccc(-c6cccc(-c7ccccc7C)c6)c5O)cc(C5CCCC5)c5ccc2c3c54)cc1C. The lowest BCUT2D eigenvalue weighted by Crippen LogP contribution is -2.32. The fourth-order valence-electron chi connectivity index (χ4n) is 15.5. The first-order valence-electron chi connectivity index (χ1n) is 31.1. The number of rotatable bonds is 11. The smallest absolute Gasteiger partial charge is 0.149 e. The maximum atomic E-state index is 13.2. The summed E-state index contributed by atoms with van der Waals surface area (Å²) < 4.78 is 7.55. The summed E-state index contributed by atoms with van der Waals surface area (Å²) in [5.74, 6) is 2.30. The molecule has 4 heteroatoms. The van der Waals surface area contributed by atoms with Gasteiger partial charge in [-0.3, -0.25) is 0 Å². The van der Waals surface area contributed by atoms with E-state index in [1.807, 2.05) is 0 Å². The number of benzene rings is 10. The molecule has 10 aromatic carbocycles. The number of aryl methyl sites for hydroxylation is 6. The predicted octanol–water partition coefficient (Wildman–Crippen LogP) is 22.0. The summed E-state index contributed by atoms with van der Waals surface area (Å²) in [6.45, 7) is 13.3. The van der Waals surface area contributed by atoms with Gasteiger partial charge in [0, 0.05) is 39.2 Å². The zero-order valence-corrected chi connectivity index (χ0v) is 49.5. The molecule has 0 bridgehead atoms. The van der Waals surface area contributed by atoms with Crippen molar-refractivity contribution in [2.45, 2.75) is 124 Å². The van der Waals surface area contributed by atoms with Gasteiger partial charge < -0.3 is 19.6 Å². The van der Waals surface area contributed by atoms with Gasteiger partial charge in [0.25, 0.3) is 0 Å². The molecule has 0 amide bonds. The van der Waals surface area contributed by atoms with E-state index in [2.05, 4.69) is 239 Å². The number of allylic oxidation sites excluding steroid dienone is 4. The van der Waals surface area contributed by atoms with Crippen LogP contribution in [0, 0.1) is 47.5 Å². The molecule has 15 rings (SSSR count). The van der Waals surface area contributed by atoms with Crippen LogP contribution in [0.15, 0.2) is 205 Å². The minimum absolute atomic E-state index is 0.121. The van der Waals surface area contributed by atoms with E-state index >= 15 is 0 Å². The van der Waals surface area contributed by atoms with E-state index in [0.717, 1.165) is 70.9 Å². The average Bonchev–Trinajstić information content (AvgIpc) is 1.16. The van der Waals surface area contributed by atoms with Gasteiger partial charge in [0.1, 0.15) is 17.6 Å². The monoisotopic (exact) mass is 1090 g/mol. The fraction of sp³-hybridized carbons (Fsp3) is 0.250. The molecule has 4 aliphatic carbocycles. The zero-order chi connectivity index (χ0) is 56.9. The second-order valence-electron chi connectivity index (χ2n) is 25.1. The molecule has 2 fully saturated rings. The molecule has 10 aromatic rings. The lowest BCUT2D eigenvalue weighted by atomic mass is 9.81. The summed E-state index contributed by atoms with van der Waals surface area (Å²) in [5.41, 5.74) is 24.8. The van der Waals surface area contributed by atoms with Crippen molar-refractivity contribution >= 4 is 66.3 Å². The number of anilines is 5. The summed E-state index contributed by atoms with van der Waals surface area (Å²) in [4.78, 5) is 5.01. The van der Waals surface area contributed by atoms with Crippen LogP contribution in [0.5, 0.6) is 5.75 Å². The normalized spacial score (nSPS) is 18.0. The first-order chi connectivity index (χ1) is 41.1. The summed E-state index contributed by atoms with van der Waals surface area (Å²) in [5, 5.41) is 21.0. The van der Waals surface area contributed by atoms with Gasteiger partial charge >= 0.3 is 0 Å². The molecule has 1 aliphatic heterocycles. The Labute approximate surface area is 496 Å². The number of hydrogen-bond donors (Lipinski definition) is 1. The Hall–Kier alpha value is -8.60. The molecular weight excluding hydrogens is 1020 g/mol. The molecule has 1 heterocycles. The van der Waals surface area contributed by atoms with Crippen molar-refractivity contribution < 1.29 is 9.84 Å². The number of aromatic hydroxyl groups is 1. The molecule has 0 saturated heterocycles. The highest BCUT2D eigenvalue weighted by Crippen LogP contribution is 2.56. The lowest BCUT2D eigenvalue weighted by Gasteiger charge is -2.36. The van der Waals surface area contributed by atoms with Gasteiger partial charge in [0.15, 0.2) is 0 Å². The van der Waals surface area contributed by atoms with Crippen molar-refractivity contribution in [3.8, 4) is 28.0 Å². The van der Waals surface area contributed by atoms with Crippen molar-refractivity contribution in [3.63, 3.8) is 0 Å². The van der Waals surface area contributed by atoms with E-state index in [0.29, 0.717) is 11.8 Å². The molecule has 2 atom stereocenters. The number of fused-ring (bicyclic) bond motifs is 2. The van der Waals surface area contributed by atoms with Gasteiger partial charge in [-0.2, -0.15) is 0 Å². The molecular formula is C80H74N2O2. The molecule has 0 radical (unpaired) electrons. The Morgan fingerprint density at radius 3 is 1.61 bits per heavy atom. The largest absolute Gasteiger partial charge is 0.505 e. The van der Waals surface area contributed by atoms with Crippen LogP contribution in [0.25, 0.3) is 60.1 Å². The highest BCUT2D eigenvalue weighted by molar-refractivity contribution is 6.29. The summed E-state index contributed by atoms with van der Waals surface area (Å²) in [6, 6.07) is 61.3. The summed E-state index contributed by atoms with van der Waals surface area (Å²) in [7, 11) is 0. The van der Waals surface area contributed by atoms with E-state index in [9.17, 15) is 5.11 Å². The Morgan fingerprint density at radius 1 is 0.464 bits per heavy atom. The maximum Gasteiger partial charge on any atom is 0.149 e. The molecule has 4 nitrogen and oxygen atoms in total. The van der Waals surface area contributed by atoms with Crippen LogP contribution in [0.3, 0.4) is 0 Å². The highest BCUT2D eigenvalue weighted by atomic mass is 16.5. The van der Waals surface area contributed by atoms with Crippen LogP contribution in [-0.4, -0.2) is 11.2 Å². The van der Waals surface area contributed by atoms with Crippen LogP contribution in [-0.2, 0) is 4.74 Å². The topological polar surface area (TPSA) is 35.9 Å². The maximum absolute atomic E-state index is 13.2. The molecule has 0 aromatic heterocycles. The minimum Gasteiger partial charge on any atom is -0.505 e. The van der Waals surface area contributed by atoms with Crippen molar-refractivity contribution in [1.29, 1.82) is 0 Å². The second-order valence-corrected chi connectivity index (χ2v) is 25.1. The predicted molar refractivity (Wildman–Crippen MR) is 353 cm³/mol. The number of para-hydroxylation sites is 1. The van der Waals surface area contributed by atoms with Crippen LogP contribution in [0.2, 0.25) is 0 Å². The zero-order valence-electron chi connectivity index (χ0n) is 49.5. The fourth-order valence-corrected chi connectivity index (χ4v) is 15.5. The number of hydrogen-bond acceptors (Lipinski definition) is 4. The molecule has 2 unspecified atom stereocenters. The standard InChI is InChI=1S/C80H74N2O2/c1-48-35-37-58(43-52(48)5)81(72-33-17-29-62(78(72)83)57-26-15-25-56(45-57)60-27-13-7-19-50(60)3)74-46-70(54-21-9-10-22-54)63-40-42-69-75(47-71(55-23-11-12-24-55)64-39-41-68(74)76(63)77(64)69)82(59-38-36-49(2)53(6)44-59)73-34-18-32-67-66-31-16-30-65(79(66)84-80(67)73)61-28-14-8-20-51(61)4/h7-8,13-15,17-20,25-30,32-47,54-55,67,80,83H,9-12,16,21-24,31H2,1-6H3. The summed E-state index contributed by atoms with van der Waals surface area (Å²) in [6.07, 6.45) is 20.9. The third-order valence-corrected chi connectivity index (χ3v) is 20.2. The van der Waals surface area contributed by atoms with Gasteiger partial charge in [-0.15, -0.1) is 0 Å². The first-order valence-corrected chi connectivity index (χ1v) is 31.1. The van der Waals surface area contributed by atoms with Crippen molar-refractivity contribution in [3.05, 3.63) is 255 Å². The van der Waals surface area contributed by atoms with Gasteiger partial charge in [-0.25, -0.2) is 0 Å². The average molecular weight is 1100 g/mol. The first kappa shape index (κ1) is 52.2. The van der Waals surface area contributed by atoms with Crippen molar-refractivity contribution in [2.24, 2.45) is 5.92 Å². The number of phenols is 1. The van der Waals surface area contributed by atoms with E-state index in [-0.39, 0.29) is 17.8 Å². The van der Waals surface area contributed by atoms with Gasteiger partial charge in [-0.1, -0.05) is 159 Å². The third kappa shape index (κ3) is 8.61. The van der Waals surface area contributed by atoms with Crippen LogP contribution in [0.1, 0.15) is 126 Å². The van der Waals surface area contributed by atoms with Crippen molar-refractivity contribution in [1.82, 2.24) is 0 Å². The van der Waals surface area contributed by atoms with E-state index in [1.54, 1.807) is 0 Å². The van der Waals surface area contributed by atoms with Crippen molar-refractivity contribution in [2.75, 3.05) is 9.80 Å². The van der Waals surface area contributed by atoms with Gasteiger partial charge in [-0.05, 0) is 240 Å². The quantitative estimate of drug-likeness (QED) is 0.131. The number of ether oxygens (including phenoxy) is 1. The molecule has 84 heavy (non-hydrogen) atoms. The Morgan fingerprint density at radius 2 is 1.00 bits per heavy atom. The van der Waals surface area contributed by atoms with Gasteiger partial charge in [0.2, 0.25) is 0 Å². The molecule has 0 spiro atoms. The summed E-state index contributed by atoms with van der Waals surface area (Å²) >= 11 is 0. The molecule has 5 aliphatic rings. The van der Waals surface area contributed by atoms with E-state index in [4.69, 9.17) is 4.74 Å². The van der Waals surface area contributed by atoms with Crippen LogP contribution in [0.4, 0.5) is 28.4 Å². The third-order valence-electron chi connectivity index (χ3n) is 20.2. The van der Waals surface area contributed by atoms with E-state index < -0.39 is 0 Å². The second kappa shape index (κ2) is 20.9. The minimum atomic E-state index is -0.207. The Bertz CT molecular complexity index is 4420. The van der Waals surface area contributed by atoms with Gasteiger partial charge in [0.05, 0.1) is 22.8 Å². The molecule has 1 N–H and O–H groups in total. The highest BCUT2D eigenvalue weighted by Gasteiger charge is 2.44. The van der Waals surface area contributed by atoms with Crippen LogP contribution < -0.4 is 9.80 Å². The van der Waals surface area contributed by atoms with Crippen LogP contribution >= 0.6 is 0 Å². The Kier molecular flexibility index (Phi) is 13.0. The Balaban J connectivity index is 0.978. The van der Waals surface area contributed by atoms with E-state index in [1.165, 1.54) is 149 Å². The number of phenolic OH excluding ortho intramolecular Hbond substituents is 1. The lowest BCUT2D eigenvalue weighted by molar-refractivity contribution is 0.163. The molecule has 2 saturated carbocycles. The number of nitrogens with zero attached hydrogens (tertiary/aromatic N) is 2.